The van der Waals surface area contributed by atoms with Gasteiger partial charge in [0.05, 0.1) is 0 Å². The molecule has 0 aromatic rings. The Balaban J connectivity index is -0.0000000750. The summed E-state index contributed by atoms with van der Waals surface area (Å²) in [5.74, 6) is 0. The molecule has 0 rings (SSSR count). The first-order valence-electron chi connectivity index (χ1n) is 3.36. The predicted molar refractivity (Wildman–Crippen MR) is 43.6 cm³/mol. The fourth-order valence-corrected chi connectivity index (χ4v) is 0. The standard InChI is InChI=1S/C2H8N2.2C2H6O/c3-1-2-4;2*1-2-3/h1-4H2;2*3H,2H2,1H3. The Hall–Kier alpha value is -0.160. The van der Waals surface area contributed by atoms with E-state index in [1.165, 1.54) is 0 Å². The van der Waals surface area contributed by atoms with E-state index in [1.54, 1.807) is 13.8 Å². The van der Waals surface area contributed by atoms with Gasteiger partial charge in [0, 0.05) is 26.3 Å². The van der Waals surface area contributed by atoms with Crippen molar-refractivity contribution in [2.75, 3.05) is 26.3 Å². The molecule has 0 aliphatic rings. The van der Waals surface area contributed by atoms with Gasteiger partial charge in [0.25, 0.3) is 0 Å². The molecule has 6 N–H and O–H groups in total. The molecular formula is C6H20N2O2. The molecular weight excluding hydrogens is 132 g/mol. The van der Waals surface area contributed by atoms with Crippen LogP contribution in [-0.2, 0) is 0 Å². The molecule has 0 fully saturated rings. The van der Waals surface area contributed by atoms with Gasteiger partial charge in [-0.1, -0.05) is 0 Å². The van der Waals surface area contributed by atoms with Gasteiger partial charge in [-0.25, -0.2) is 0 Å². The lowest BCUT2D eigenvalue weighted by Gasteiger charge is -1.72. The van der Waals surface area contributed by atoms with Gasteiger partial charge in [-0.05, 0) is 13.8 Å². The third-order valence-electron chi connectivity index (χ3n) is 0.167. The van der Waals surface area contributed by atoms with Crippen LogP contribution in [-0.4, -0.2) is 36.5 Å². The summed E-state index contributed by atoms with van der Waals surface area (Å²) in [6.07, 6.45) is 0. The second-order valence-corrected chi connectivity index (χ2v) is 1.21. The lowest BCUT2D eigenvalue weighted by Crippen LogP contribution is -2.11. The zero-order chi connectivity index (χ0) is 8.83. The van der Waals surface area contributed by atoms with E-state index < -0.39 is 0 Å². The first-order valence-corrected chi connectivity index (χ1v) is 3.36. The van der Waals surface area contributed by atoms with Crippen LogP contribution in [0.5, 0.6) is 0 Å². The number of hydrogen-bond donors (Lipinski definition) is 4. The minimum atomic E-state index is 0.250. The predicted octanol–water partition coefficient (Wildman–Crippen LogP) is -1.10. The van der Waals surface area contributed by atoms with E-state index in [9.17, 15) is 0 Å². The molecule has 0 aromatic heterocycles. The van der Waals surface area contributed by atoms with Crippen LogP contribution in [0.15, 0.2) is 0 Å². The van der Waals surface area contributed by atoms with Crippen molar-refractivity contribution < 1.29 is 10.2 Å². The van der Waals surface area contributed by atoms with Crippen LogP contribution in [0, 0.1) is 0 Å². The summed E-state index contributed by atoms with van der Waals surface area (Å²) in [6, 6.07) is 0. The van der Waals surface area contributed by atoms with Gasteiger partial charge in [-0.3, -0.25) is 0 Å². The summed E-state index contributed by atoms with van der Waals surface area (Å²) in [5.41, 5.74) is 9.81. The Kier molecular flexibility index (Phi) is 60.6. The van der Waals surface area contributed by atoms with Gasteiger partial charge < -0.3 is 21.7 Å². The van der Waals surface area contributed by atoms with Crippen molar-refractivity contribution in [3.8, 4) is 0 Å². The van der Waals surface area contributed by atoms with Crippen LogP contribution >= 0.6 is 0 Å². The fourth-order valence-electron chi connectivity index (χ4n) is 0. The molecule has 0 aliphatic heterocycles. The summed E-state index contributed by atoms with van der Waals surface area (Å²) in [5, 5.41) is 15.1. The van der Waals surface area contributed by atoms with Crippen LogP contribution in [0.3, 0.4) is 0 Å². The van der Waals surface area contributed by atoms with E-state index in [4.69, 9.17) is 21.7 Å². The molecule has 10 heavy (non-hydrogen) atoms. The molecule has 0 saturated heterocycles. The molecule has 0 saturated carbocycles. The topological polar surface area (TPSA) is 92.5 Å². The highest BCUT2D eigenvalue weighted by molar-refractivity contribution is 4.26. The second-order valence-electron chi connectivity index (χ2n) is 1.21. The summed E-state index contributed by atoms with van der Waals surface area (Å²) in [7, 11) is 0. The molecule has 0 heterocycles. The van der Waals surface area contributed by atoms with E-state index in [2.05, 4.69) is 0 Å². The number of aliphatic hydroxyl groups is 2. The molecule has 0 atom stereocenters. The van der Waals surface area contributed by atoms with Crippen molar-refractivity contribution in [3.05, 3.63) is 0 Å². The van der Waals surface area contributed by atoms with Crippen molar-refractivity contribution in [3.63, 3.8) is 0 Å². The average Bonchev–Trinajstić information content (AvgIpc) is 1.91. The smallest absolute Gasteiger partial charge is 0.0402 e. The van der Waals surface area contributed by atoms with Crippen LogP contribution < -0.4 is 11.5 Å². The van der Waals surface area contributed by atoms with Crippen molar-refractivity contribution in [2.45, 2.75) is 13.8 Å². The normalized spacial score (nSPS) is 6.60. The minimum absolute atomic E-state index is 0.250. The molecule has 4 heteroatoms. The number of aliphatic hydroxyl groups excluding tert-OH is 2. The first-order chi connectivity index (χ1) is 4.74. The maximum atomic E-state index is 7.57. The Morgan fingerprint density at radius 1 is 0.900 bits per heavy atom. The summed E-state index contributed by atoms with van der Waals surface area (Å²) >= 11 is 0. The Labute approximate surface area is 62.8 Å². The monoisotopic (exact) mass is 152 g/mol. The lowest BCUT2D eigenvalue weighted by molar-refractivity contribution is 0.318. The largest absolute Gasteiger partial charge is 0.397 e. The van der Waals surface area contributed by atoms with Crippen LogP contribution in [0.25, 0.3) is 0 Å². The highest BCUT2D eigenvalue weighted by Gasteiger charge is 1.54. The van der Waals surface area contributed by atoms with Crippen molar-refractivity contribution in [1.29, 1.82) is 0 Å². The van der Waals surface area contributed by atoms with Crippen molar-refractivity contribution in [2.24, 2.45) is 11.5 Å². The van der Waals surface area contributed by atoms with E-state index in [0.29, 0.717) is 13.1 Å². The van der Waals surface area contributed by atoms with E-state index in [0.717, 1.165) is 0 Å². The minimum Gasteiger partial charge on any atom is -0.397 e. The second kappa shape index (κ2) is 36.8. The van der Waals surface area contributed by atoms with Gasteiger partial charge >= 0.3 is 0 Å². The van der Waals surface area contributed by atoms with E-state index >= 15 is 0 Å². The van der Waals surface area contributed by atoms with Gasteiger partial charge in [0.1, 0.15) is 0 Å². The maximum Gasteiger partial charge on any atom is 0.0402 e. The molecule has 66 valence electrons. The average molecular weight is 152 g/mol. The van der Waals surface area contributed by atoms with Gasteiger partial charge in [-0.15, -0.1) is 0 Å². The van der Waals surface area contributed by atoms with E-state index in [-0.39, 0.29) is 13.2 Å². The zero-order valence-electron chi connectivity index (χ0n) is 6.88. The summed E-state index contributed by atoms with van der Waals surface area (Å²) in [4.78, 5) is 0. The van der Waals surface area contributed by atoms with E-state index in [1.807, 2.05) is 0 Å². The SMILES string of the molecule is CCO.CCO.NCCN. The highest BCUT2D eigenvalue weighted by atomic mass is 16.3. The third kappa shape index (κ3) is 520. The van der Waals surface area contributed by atoms with Gasteiger partial charge in [0.15, 0.2) is 0 Å². The molecule has 0 aliphatic carbocycles. The maximum absolute atomic E-state index is 7.57. The molecule has 0 spiro atoms. The van der Waals surface area contributed by atoms with Gasteiger partial charge in [0.2, 0.25) is 0 Å². The Morgan fingerprint density at radius 3 is 1.00 bits per heavy atom. The Morgan fingerprint density at radius 2 is 1.00 bits per heavy atom. The number of nitrogens with two attached hydrogens (primary N) is 2. The summed E-state index contributed by atoms with van der Waals surface area (Å²) < 4.78 is 0. The van der Waals surface area contributed by atoms with Crippen LogP contribution in [0.1, 0.15) is 13.8 Å². The molecule has 0 amide bonds. The third-order valence-corrected chi connectivity index (χ3v) is 0.167. The van der Waals surface area contributed by atoms with Crippen molar-refractivity contribution >= 4 is 0 Å². The Bertz CT molecular complexity index is 25.7. The molecule has 0 unspecified atom stereocenters. The highest BCUT2D eigenvalue weighted by Crippen LogP contribution is 1.30. The molecule has 0 bridgehead atoms. The zero-order valence-corrected chi connectivity index (χ0v) is 6.88. The van der Waals surface area contributed by atoms with Crippen LogP contribution in [0.2, 0.25) is 0 Å². The number of rotatable bonds is 1. The quantitative estimate of drug-likeness (QED) is 0.384. The van der Waals surface area contributed by atoms with Gasteiger partial charge in [-0.2, -0.15) is 0 Å². The lowest BCUT2D eigenvalue weighted by atomic mass is 10.7. The van der Waals surface area contributed by atoms with Crippen LogP contribution in [0.4, 0.5) is 0 Å². The summed E-state index contributed by atoms with van der Waals surface area (Å²) in [6.45, 7) is 5.06. The van der Waals surface area contributed by atoms with Crippen molar-refractivity contribution in [1.82, 2.24) is 0 Å². The molecule has 0 aromatic carbocycles. The molecule has 0 radical (unpaired) electrons. The number of hydrogen-bond acceptors (Lipinski definition) is 4. The molecule has 4 nitrogen and oxygen atoms in total. The first kappa shape index (κ1) is 16.4. The fraction of sp³-hybridized carbons (Fsp3) is 1.00.